The van der Waals surface area contributed by atoms with Crippen molar-refractivity contribution >= 4 is 5.91 Å². The molecule has 1 aliphatic heterocycles. The van der Waals surface area contributed by atoms with Gasteiger partial charge in [-0.05, 0) is 12.8 Å². The highest BCUT2D eigenvalue weighted by Gasteiger charge is 2.19. The predicted molar refractivity (Wildman–Crippen MR) is 69.9 cm³/mol. The van der Waals surface area contributed by atoms with E-state index in [0.717, 1.165) is 31.6 Å². The van der Waals surface area contributed by atoms with Gasteiger partial charge in [0.2, 0.25) is 5.82 Å². The molecule has 3 heterocycles. The molecule has 106 valence electrons. The number of nitrogens with one attached hydrogen (secondary N) is 1. The second kappa shape index (κ2) is 5.81. The molecule has 0 fully saturated rings. The van der Waals surface area contributed by atoms with Gasteiger partial charge in [-0.1, -0.05) is 11.6 Å². The molecule has 0 aliphatic carbocycles. The van der Waals surface area contributed by atoms with Crippen LogP contribution in [0.2, 0.25) is 0 Å². The van der Waals surface area contributed by atoms with Crippen molar-refractivity contribution in [1.29, 1.82) is 0 Å². The van der Waals surface area contributed by atoms with Crippen LogP contribution in [0.25, 0.3) is 0 Å². The molecule has 0 atom stereocenters. The third kappa shape index (κ3) is 2.68. The summed E-state index contributed by atoms with van der Waals surface area (Å²) < 4.78 is 3.61. The van der Waals surface area contributed by atoms with E-state index in [9.17, 15) is 4.79 Å². The van der Waals surface area contributed by atoms with Crippen LogP contribution in [-0.4, -0.2) is 42.2 Å². The van der Waals surface area contributed by atoms with E-state index in [-0.39, 0.29) is 5.91 Å². The first-order valence-corrected chi connectivity index (χ1v) is 6.89. The Kier molecular flexibility index (Phi) is 3.71. The van der Waals surface area contributed by atoms with Crippen LogP contribution < -0.4 is 5.32 Å². The fourth-order valence-electron chi connectivity index (χ4n) is 2.37. The van der Waals surface area contributed by atoms with Crippen molar-refractivity contribution in [1.82, 2.24) is 35.1 Å². The van der Waals surface area contributed by atoms with Crippen molar-refractivity contribution in [3.05, 3.63) is 24.0 Å². The van der Waals surface area contributed by atoms with Crippen LogP contribution in [-0.2, 0) is 19.5 Å². The molecule has 3 rings (SSSR count). The number of fused-ring (bicyclic) bond motifs is 1. The van der Waals surface area contributed by atoms with E-state index >= 15 is 0 Å². The Balaban J connectivity index is 1.61. The first-order valence-electron chi connectivity index (χ1n) is 6.89. The zero-order chi connectivity index (χ0) is 13.8. The summed E-state index contributed by atoms with van der Waals surface area (Å²) in [6.45, 7) is 1.91. The third-order valence-electron chi connectivity index (χ3n) is 3.41. The monoisotopic (exact) mass is 275 g/mol. The largest absolute Gasteiger partial charge is 0.347 e. The van der Waals surface area contributed by atoms with Crippen molar-refractivity contribution < 1.29 is 4.79 Å². The Morgan fingerprint density at radius 2 is 2.25 bits per heavy atom. The summed E-state index contributed by atoms with van der Waals surface area (Å²) in [7, 11) is 0. The summed E-state index contributed by atoms with van der Waals surface area (Å²) in [6.07, 6.45) is 7.64. The highest BCUT2D eigenvalue weighted by Crippen LogP contribution is 2.14. The number of hydrogen-bond acceptors (Lipinski definition) is 5. The van der Waals surface area contributed by atoms with Gasteiger partial charge in [-0.3, -0.25) is 9.48 Å². The van der Waals surface area contributed by atoms with E-state index in [2.05, 4.69) is 25.8 Å². The molecule has 20 heavy (non-hydrogen) atoms. The predicted octanol–water partition coefficient (Wildman–Crippen LogP) is 0.0260. The Morgan fingerprint density at radius 3 is 3.10 bits per heavy atom. The minimum absolute atomic E-state index is 0.175. The van der Waals surface area contributed by atoms with Crippen LogP contribution in [0, 0.1) is 0 Å². The highest BCUT2D eigenvalue weighted by molar-refractivity contribution is 5.90. The minimum Gasteiger partial charge on any atom is -0.347 e. The summed E-state index contributed by atoms with van der Waals surface area (Å²) in [5.41, 5.74) is 0. The zero-order valence-electron chi connectivity index (χ0n) is 11.2. The van der Waals surface area contributed by atoms with Crippen LogP contribution in [0.5, 0.6) is 0 Å². The van der Waals surface area contributed by atoms with E-state index in [1.165, 1.54) is 6.42 Å². The molecule has 8 heteroatoms. The topological polar surface area (TPSA) is 90.5 Å². The zero-order valence-corrected chi connectivity index (χ0v) is 11.2. The van der Waals surface area contributed by atoms with Gasteiger partial charge in [0.25, 0.3) is 5.91 Å². The number of carbonyl (C=O) groups is 1. The Labute approximate surface area is 116 Å². The van der Waals surface area contributed by atoms with E-state index in [4.69, 9.17) is 0 Å². The van der Waals surface area contributed by atoms with Crippen LogP contribution in [0.15, 0.2) is 12.4 Å². The molecule has 2 aromatic rings. The highest BCUT2D eigenvalue weighted by atomic mass is 16.2. The molecule has 0 spiro atoms. The first-order chi connectivity index (χ1) is 9.84. The summed E-state index contributed by atoms with van der Waals surface area (Å²) in [5, 5.41) is 18.5. The molecule has 2 aromatic heterocycles. The van der Waals surface area contributed by atoms with Crippen molar-refractivity contribution in [2.75, 3.05) is 6.54 Å². The molecular weight excluding hydrogens is 258 g/mol. The lowest BCUT2D eigenvalue weighted by atomic mass is 10.2. The number of aryl methyl sites for hydroxylation is 1. The summed E-state index contributed by atoms with van der Waals surface area (Å²) in [4.78, 5) is 12.1. The molecule has 0 saturated heterocycles. The van der Waals surface area contributed by atoms with Gasteiger partial charge in [-0.2, -0.15) is 0 Å². The first kappa shape index (κ1) is 12.8. The standard InChI is InChI=1S/C12H17N7O/c20-12(13-5-8-18-9-6-14-17-18)11-16-15-10-4-2-1-3-7-19(10)11/h6,9H,1-5,7-8H2,(H,13,20). The van der Waals surface area contributed by atoms with E-state index < -0.39 is 0 Å². The number of amides is 1. The lowest BCUT2D eigenvalue weighted by molar-refractivity contribution is 0.0936. The van der Waals surface area contributed by atoms with Crippen LogP contribution in [0.1, 0.15) is 35.7 Å². The maximum absolute atomic E-state index is 12.1. The molecular formula is C12H17N7O. The number of hydrogen-bond donors (Lipinski definition) is 1. The van der Waals surface area contributed by atoms with Crippen molar-refractivity contribution in [3.63, 3.8) is 0 Å². The molecule has 0 saturated carbocycles. The molecule has 1 aliphatic rings. The second-order valence-corrected chi connectivity index (χ2v) is 4.82. The molecule has 8 nitrogen and oxygen atoms in total. The van der Waals surface area contributed by atoms with Gasteiger partial charge in [0.15, 0.2) is 0 Å². The van der Waals surface area contributed by atoms with Crippen LogP contribution in [0.4, 0.5) is 0 Å². The van der Waals surface area contributed by atoms with Crippen molar-refractivity contribution in [2.45, 2.75) is 38.8 Å². The number of carbonyl (C=O) groups excluding carboxylic acids is 1. The van der Waals surface area contributed by atoms with Gasteiger partial charge in [0.05, 0.1) is 12.7 Å². The average Bonchev–Trinajstić information content (AvgIpc) is 3.04. The Hall–Kier alpha value is -2.25. The molecule has 1 N–H and O–H groups in total. The van der Waals surface area contributed by atoms with Gasteiger partial charge in [-0.25, -0.2) is 0 Å². The minimum atomic E-state index is -0.175. The van der Waals surface area contributed by atoms with E-state index in [1.54, 1.807) is 17.1 Å². The normalized spacial score (nSPS) is 14.6. The van der Waals surface area contributed by atoms with Gasteiger partial charge in [0, 0.05) is 25.7 Å². The lowest BCUT2D eigenvalue weighted by Gasteiger charge is -2.07. The average molecular weight is 275 g/mol. The number of rotatable bonds is 4. The SMILES string of the molecule is O=C(NCCn1ccnn1)c1nnc2n1CCCCC2. The van der Waals surface area contributed by atoms with Crippen molar-refractivity contribution in [2.24, 2.45) is 0 Å². The fourth-order valence-corrected chi connectivity index (χ4v) is 2.37. The Morgan fingerprint density at radius 1 is 1.30 bits per heavy atom. The van der Waals surface area contributed by atoms with E-state index in [1.807, 2.05) is 4.57 Å². The second-order valence-electron chi connectivity index (χ2n) is 4.82. The molecule has 1 amide bonds. The number of aromatic nitrogens is 6. The molecule has 0 bridgehead atoms. The quantitative estimate of drug-likeness (QED) is 0.850. The van der Waals surface area contributed by atoms with Crippen molar-refractivity contribution in [3.8, 4) is 0 Å². The molecule has 0 unspecified atom stereocenters. The van der Waals surface area contributed by atoms with Gasteiger partial charge >= 0.3 is 0 Å². The van der Waals surface area contributed by atoms with E-state index in [0.29, 0.717) is 18.9 Å². The number of nitrogens with zero attached hydrogens (tertiary/aromatic N) is 6. The van der Waals surface area contributed by atoms with Gasteiger partial charge in [-0.15, -0.1) is 15.3 Å². The van der Waals surface area contributed by atoms with Gasteiger partial charge < -0.3 is 9.88 Å². The maximum atomic E-state index is 12.1. The summed E-state index contributed by atoms with van der Waals surface area (Å²) in [5.74, 6) is 1.16. The smallest absolute Gasteiger partial charge is 0.289 e. The van der Waals surface area contributed by atoms with Crippen LogP contribution >= 0.6 is 0 Å². The third-order valence-corrected chi connectivity index (χ3v) is 3.41. The fraction of sp³-hybridized carbons (Fsp3) is 0.583. The molecule has 0 aromatic carbocycles. The summed E-state index contributed by atoms with van der Waals surface area (Å²) >= 11 is 0. The maximum Gasteiger partial charge on any atom is 0.289 e. The molecule has 0 radical (unpaired) electrons. The summed E-state index contributed by atoms with van der Waals surface area (Å²) in [6, 6.07) is 0. The Bertz CT molecular complexity index is 575. The van der Waals surface area contributed by atoms with Crippen LogP contribution in [0.3, 0.4) is 0 Å². The lowest BCUT2D eigenvalue weighted by Crippen LogP contribution is -2.30. The van der Waals surface area contributed by atoms with Gasteiger partial charge in [0.1, 0.15) is 5.82 Å².